The van der Waals surface area contributed by atoms with Crippen molar-refractivity contribution in [1.29, 1.82) is 0 Å². The number of fused-ring (bicyclic) bond motifs is 1. The van der Waals surface area contributed by atoms with E-state index in [9.17, 15) is 9.90 Å². The number of carbonyl (C=O) groups excluding carboxylic acids is 1. The van der Waals surface area contributed by atoms with E-state index in [-0.39, 0.29) is 18.0 Å². The first-order valence-corrected chi connectivity index (χ1v) is 16.3. The molecule has 6 rings (SSSR count). The van der Waals surface area contributed by atoms with Crippen LogP contribution in [0.2, 0.25) is 0 Å². The number of likely N-dealkylation sites (tertiary alicyclic amines) is 1. The van der Waals surface area contributed by atoms with Gasteiger partial charge in [0.25, 0.3) is 0 Å². The van der Waals surface area contributed by atoms with Crippen LogP contribution in [0.3, 0.4) is 0 Å². The number of nitrogens with one attached hydrogen (secondary N) is 1. The molecule has 2 aromatic carbocycles. The lowest BCUT2D eigenvalue weighted by molar-refractivity contribution is -0.128. The molecule has 2 aromatic heterocycles. The Hall–Kier alpha value is -3.70. The highest BCUT2D eigenvalue weighted by molar-refractivity contribution is 7.08. The van der Waals surface area contributed by atoms with E-state index in [1.54, 1.807) is 31.8 Å². The predicted molar refractivity (Wildman–Crippen MR) is 175 cm³/mol. The third-order valence-electron chi connectivity index (χ3n) is 8.92. The number of nitrogens with zero attached hydrogens (tertiary/aromatic N) is 4. The van der Waals surface area contributed by atoms with Crippen LogP contribution in [-0.2, 0) is 4.79 Å². The maximum Gasteiger partial charge on any atom is 0.242 e. The zero-order valence-electron chi connectivity index (χ0n) is 25.4. The van der Waals surface area contributed by atoms with Gasteiger partial charge in [-0.3, -0.25) is 14.7 Å². The number of piperazine rings is 1. The molecular weight excluding hydrogens is 574 g/mol. The quantitative estimate of drug-likeness (QED) is 0.270. The molecule has 10 heteroatoms. The number of amides is 1. The van der Waals surface area contributed by atoms with Crippen LogP contribution in [0.25, 0.3) is 10.9 Å². The van der Waals surface area contributed by atoms with E-state index in [4.69, 9.17) is 9.47 Å². The lowest BCUT2D eigenvalue weighted by atomic mass is 10.00. The predicted octanol–water partition coefficient (Wildman–Crippen LogP) is 4.49. The average Bonchev–Trinajstić information content (AvgIpc) is 3.60. The lowest BCUT2D eigenvalue weighted by Crippen LogP contribution is -2.53. The SMILES string of the molecule is COc1ccc2nccc([C@@H](O)CN3CCC(NC(=O)C(c4ccsc4)N4CCN(c5ccccc5OC)CC4)CC3)c2c1. The summed E-state index contributed by atoms with van der Waals surface area (Å²) in [6.07, 6.45) is 2.80. The second kappa shape index (κ2) is 13.9. The first-order valence-electron chi connectivity index (χ1n) is 15.3. The molecule has 0 bridgehead atoms. The number of ether oxygens (including phenoxy) is 2. The van der Waals surface area contributed by atoms with Gasteiger partial charge in [0, 0.05) is 63.4 Å². The zero-order valence-corrected chi connectivity index (χ0v) is 26.2. The fraction of sp³-hybridized carbons (Fsp3) is 0.412. The summed E-state index contributed by atoms with van der Waals surface area (Å²) >= 11 is 1.63. The summed E-state index contributed by atoms with van der Waals surface area (Å²) in [5.74, 6) is 1.70. The van der Waals surface area contributed by atoms with Gasteiger partial charge in [-0.25, -0.2) is 0 Å². The third-order valence-corrected chi connectivity index (χ3v) is 9.62. The molecule has 9 nitrogen and oxygen atoms in total. The Morgan fingerprint density at radius 3 is 2.55 bits per heavy atom. The van der Waals surface area contributed by atoms with Crippen molar-refractivity contribution in [3.8, 4) is 11.5 Å². The number of pyridine rings is 1. The van der Waals surface area contributed by atoms with Crippen LogP contribution in [0, 0.1) is 0 Å². The van der Waals surface area contributed by atoms with Gasteiger partial charge in [-0.1, -0.05) is 12.1 Å². The first-order chi connectivity index (χ1) is 21.5. The van der Waals surface area contributed by atoms with Crippen LogP contribution in [0.15, 0.2) is 71.6 Å². The van der Waals surface area contributed by atoms with Crippen molar-refractivity contribution in [2.45, 2.75) is 31.0 Å². The number of anilines is 1. The maximum atomic E-state index is 13.8. The Bertz CT molecular complexity index is 1530. The summed E-state index contributed by atoms with van der Waals surface area (Å²) in [5, 5.41) is 19.6. The molecule has 1 unspecified atom stereocenters. The molecule has 0 radical (unpaired) electrons. The topological polar surface area (TPSA) is 90.4 Å². The van der Waals surface area contributed by atoms with Crippen molar-refractivity contribution in [3.63, 3.8) is 0 Å². The average molecular weight is 616 g/mol. The first kappa shape index (κ1) is 30.3. The van der Waals surface area contributed by atoms with Gasteiger partial charge in [0.2, 0.25) is 5.91 Å². The molecule has 2 atom stereocenters. The minimum Gasteiger partial charge on any atom is -0.497 e. The van der Waals surface area contributed by atoms with Gasteiger partial charge in [-0.05, 0) is 77.2 Å². The van der Waals surface area contributed by atoms with E-state index >= 15 is 0 Å². The highest BCUT2D eigenvalue weighted by Gasteiger charge is 2.33. The number of para-hydroxylation sites is 2. The van der Waals surface area contributed by atoms with Gasteiger partial charge in [0.05, 0.1) is 31.5 Å². The van der Waals surface area contributed by atoms with Crippen molar-refractivity contribution in [2.75, 3.05) is 64.9 Å². The highest BCUT2D eigenvalue weighted by atomic mass is 32.1. The normalized spacial score (nSPS) is 18.2. The Kier molecular flexibility index (Phi) is 9.61. The van der Waals surface area contributed by atoms with Crippen molar-refractivity contribution in [2.24, 2.45) is 0 Å². The molecule has 4 aromatic rings. The monoisotopic (exact) mass is 615 g/mol. The second-order valence-electron chi connectivity index (χ2n) is 11.5. The van der Waals surface area contributed by atoms with Crippen LogP contribution in [0.1, 0.15) is 36.1 Å². The summed E-state index contributed by atoms with van der Waals surface area (Å²) in [6.45, 7) is 5.40. The molecule has 1 amide bonds. The van der Waals surface area contributed by atoms with E-state index in [2.05, 4.69) is 42.5 Å². The molecular formula is C34H41N5O4S. The van der Waals surface area contributed by atoms with Gasteiger partial charge in [-0.2, -0.15) is 11.3 Å². The molecule has 2 aliphatic rings. The van der Waals surface area contributed by atoms with Gasteiger partial charge >= 0.3 is 0 Å². The summed E-state index contributed by atoms with van der Waals surface area (Å²) in [6, 6.07) is 17.6. The van der Waals surface area contributed by atoms with Crippen LogP contribution in [0.5, 0.6) is 11.5 Å². The maximum absolute atomic E-state index is 13.8. The molecule has 44 heavy (non-hydrogen) atoms. The molecule has 2 fully saturated rings. The number of carbonyl (C=O) groups is 1. The van der Waals surface area contributed by atoms with Crippen LogP contribution in [0.4, 0.5) is 5.69 Å². The fourth-order valence-electron chi connectivity index (χ4n) is 6.52. The summed E-state index contributed by atoms with van der Waals surface area (Å²) in [4.78, 5) is 25.2. The number of rotatable bonds is 10. The standard InChI is InChI=1S/C34H41N5O4S/c1-42-26-7-8-29-28(21-26)27(9-13-35-29)31(40)22-37-14-10-25(11-15-37)36-34(41)33(24-12-20-44-23-24)39-18-16-38(17-19-39)30-5-3-4-6-32(30)43-2/h3-9,12-13,20-21,23,25,31,33,40H,10-11,14-19,22H2,1-2H3,(H,36,41)/t31-,33?/m0/s1. The number of hydrogen-bond acceptors (Lipinski definition) is 9. The van der Waals surface area contributed by atoms with Crippen molar-refractivity contribution in [3.05, 3.63) is 82.7 Å². The minimum atomic E-state index is -0.642. The number of hydrogen-bond donors (Lipinski definition) is 2. The van der Waals surface area contributed by atoms with Crippen LogP contribution >= 0.6 is 11.3 Å². The zero-order chi connectivity index (χ0) is 30.5. The van der Waals surface area contributed by atoms with Crippen LogP contribution < -0.4 is 19.7 Å². The largest absolute Gasteiger partial charge is 0.497 e. The highest BCUT2D eigenvalue weighted by Crippen LogP contribution is 2.32. The summed E-state index contributed by atoms with van der Waals surface area (Å²) < 4.78 is 11.0. The molecule has 2 saturated heterocycles. The molecule has 2 aliphatic heterocycles. The van der Waals surface area contributed by atoms with E-state index in [1.807, 2.05) is 47.8 Å². The molecule has 0 aliphatic carbocycles. The van der Waals surface area contributed by atoms with E-state index in [0.29, 0.717) is 6.54 Å². The van der Waals surface area contributed by atoms with E-state index in [1.165, 1.54) is 0 Å². The third kappa shape index (κ3) is 6.68. The van der Waals surface area contributed by atoms with Crippen LogP contribution in [-0.4, -0.2) is 91.9 Å². The molecule has 0 saturated carbocycles. The van der Waals surface area contributed by atoms with Crippen molar-refractivity contribution in [1.82, 2.24) is 20.1 Å². The Labute approximate surface area is 263 Å². The Morgan fingerprint density at radius 2 is 1.82 bits per heavy atom. The molecule has 4 heterocycles. The van der Waals surface area contributed by atoms with Gasteiger partial charge in [0.1, 0.15) is 17.5 Å². The van der Waals surface area contributed by atoms with Gasteiger partial charge < -0.3 is 29.7 Å². The van der Waals surface area contributed by atoms with Crippen molar-refractivity contribution < 1.29 is 19.4 Å². The fourth-order valence-corrected chi connectivity index (χ4v) is 7.20. The number of benzene rings is 2. The van der Waals surface area contributed by atoms with Gasteiger partial charge in [-0.15, -0.1) is 0 Å². The number of piperidine rings is 1. The number of aliphatic hydroxyl groups is 1. The Morgan fingerprint density at radius 1 is 1.02 bits per heavy atom. The number of β-amino-alcohol motifs (C(OH)–C–C–N with tert-alkyl or cyclic N) is 1. The number of aliphatic hydroxyl groups excluding tert-OH is 1. The van der Waals surface area contributed by atoms with Gasteiger partial charge in [0.15, 0.2) is 0 Å². The van der Waals surface area contributed by atoms with E-state index in [0.717, 1.165) is 91.3 Å². The molecule has 232 valence electrons. The number of aromatic nitrogens is 1. The van der Waals surface area contributed by atoms with E-state index < -0.39 is 6.10 Å². The minimum absolute atomic E-state index is 0.0739. The lowest BCUT2D eigenvalue weighted by Gasteiger charge is -2.40. The Balaban J connectivity index is 1.05. The molecule has 0 spiro atoms. The molecule has 2 N–H and O–H groups in total. The summed E-state index contributed by atoms with van der Waals surface area (Å²) in [7, 11) is 3.35. The summed E-state index contributed by atoms with van der Waals surface area (Å²) in [5.41, 5.74) is 3.85. The second-order valence-corrected chi connectivity index (χ2v) is 12.3. The van der Waals surface area contributed by atoms with Crippen molar-refractivity contribution >= 4 is 33.8 Å². The smallest absolute Gasteiger partial charge is 0.242 e. The number of thiophene rings is 1. The number of methoxy groups -OCH3 is 2.